The van der Waals surface area contributed by atoms with Gasteiger partial charge in [-0.1, -0.05) is 0 Å². The van der Waals surface area contributed by atoms with E-state index in [1.54, 1.807) is 0 Å². The predicted octanol–water partition coefficient (Wildman–Crippen LogP) is 1.16. The Kier molecular flexibility index (Phi) is 0.868. The summed E-state index contributed by atoms with van der Waals surface area (Å²) in [6.45, 7) is 1.65. The zero-order valence-corrected chi connectivity index (χ0v) is 6.01. The fourth-order valence-corrected chi connectivity index (χ4v) is 2.51. The van der Waals surface area contributed by atoms with Crippen molar-refractivity contribution >= 4 is 0 Å². The number of hydrogen-bond donors (Lipinski definition) is 0. The second-order valence-corrected chi connectivity index (χ2v) is 3.65. The van der Waals surface area contributed by atoms with Crippen molar-refractivity contribution in [2.45, 2.75) is 25.0 Å². The lowest BCUT2D eigenvalue weighted by atomic mass is 10.1. The minimum atomic E-state index is -0.0787. The van der Waals surface area contributed by atoms with Crippen molar-refractivity contribution in [3.05, 3.63) is 0 Å². The van der Waals surface area contributed by atoms with Gasteiger partial charge in [0.2, 0.25) is 0 Å². The molecule has 0 radical (unpaired) electrons. The van der Waals surface area contributed by atoms with E-state index >= 15 is 0 Å². The van der Waals surface area contributed by atoms with Crippen LogP contribution in [0.5, 0.6) is 0 Å². The normalized spacial score (nSPS) is 48.0. The molecule has 2 heteroatoms. The predicted molar refractivity (Wildman–Crippen MR) is 35.5 cm³/mol. The highest BCUT2D eigenvalue weighted by atomic mass is 16.7. The summed E-state index contributed by atoms with van der Waals surface area (Å²) in [7, 11) is 0. The van der Waals surface area contributed by atoms with E-state index in [4.69, 9.17) is 9.47 Å². The third kappa shape index (κ3) is 0.523. The Morgan fingerprint density at radius 3 is 2.50 bits per heavy atom. The molecule has 2 aliphatic carbocycles. The van der Waals surface area contributed by atoms with Gasteiger partial charge in [-0.25, -0.2) is 0 Å². The van der Waals surface area contributed by atoms with Crippen molar-refractivity contribution in [3.8, 4) is 0 Å². The van der Waals surface area contributed by atoms with Crippen LogP contribution in [-0.2, 0) is 9.47 Å². The summed E-state index contributed by atoms with van der Waals surface area (Å²) >= 11 is 0. The molecule has 2 nitrogen and oxygen atoms in total. The van der Waals surface area contributed by atoms with Gasteiger partial charge in [-0.2, -0.15) is 0 Å². The first kappa shape index (κ1) is 5.56. The van der Waals surface area contributed by atoms with Crippen LogP contribution in [0.2, 0.25) is 0 Å². The first-order valence-corrected chi connectivity index (χ1v) is 4.19. The molecule has 1 heterocycles. The maximum atomic E-state index is 5.63. The standard InChI is InChI=1S/C8H12O2/c1-2-8(7-5-6(1)7)9-3-4-10-8/h6-7H,1-5H2. The van der Waals surface area contributed by atoms with Crippen molar-refractivity contribution in [1.29, 1.82) is 0 Å². The van der Waals surface area contributed by atoms with Crippen molar-refractivity contribution in [1.82, 2.24) is 0 Å². The van der Waals surface area contributed by atoms with Gasteiger partial charge in [-0.3, -0.25) is 0 Å². The monoisotopic (exact) mass is 140 g/mol. The molecule has 3 rings (SSSR count). The maximum Gasteiger partial charge on any atom is 0.171 e. The topological polar surface area (TPSA) is 18.5 Å². The molecule has 0 aromatic rings. The van der Waals surface area contributed by atoms with Crippen molar-refractivity contribution in [2.24, 2.45) is 11.8 Å². The Balaban J connectivity index is 1.89. The molecule has 0 N–H and O–H groups in total. The van der Waals surface area contributed by atoms with Crippen LogP contribution >= 0.6 is 0 Å². The summed E-state index contributed by atoms with van der Waals surface area (Å²) in [5.41, 5.74) is 0. The Morgan fingerprint density at radius 2 is 2.00 bits per heavy atom. The Bertz CT molecular complexity index is 155. The summed E-state index contributed by atoms with van der Waals surface area (Å²) in [6.07, 6.45) is 3.85. The Hall–Kier alpha value is -0.0800. The molecule has 10 heavy (non-hydrogen) atoms. The number of fused-ring (bicyclic) bond motifs is 2. The molecule has 3 fully saturated rings. The lowest BCUT2D eigenvalue weighted by Crippen LogP contribution is -2.29. The van der Waals surface area contributed by atoms with Crippen LogP contribution in [0.4, 0.5) is 0 Å². The van der Waals surface area contributed by atoms with E-state index in [0.29, 0.717) is 0 Å². The summed E-state index contributed by atoms with van der Waals surface area (Å²) < 4.78 is 11.3. The van der Waals surface area contributed by atoms with Crippen LogP contribution in [0.3, 0.4) is 0 Å². The van der Waals surface area contributed by atoms with Gasteiger partial charge >= 0.3 is 0 Å². The van der Waals surface area contributed by atoms with Crippen molar-refractivity contribution < 1.29 is 9.47 Å². The maximum absolute atomic E-state index is 5.63. The minimum Gasteiger partial charge on any atom is -0.347 e. The van der Waals surface area contributed by atoms with E-state index in [9.17, 15) is 0 Å². The van der Waals surface area contributed by atoms with E-state index in [1.165, 1.54) is 12.8 Å². The molecule has 0 bridgehead atoms. The summed E-state index contributed by atoms with van der Waals surface area (Å²) in [6, 6.07) is 0. The molecule has 2 saturated carbocycles. The molecule has 2 unspecified atom stereocenters. The van der Waals surface area contributed by atoms with Gasteiger partial charge in [0.05, 0.1) is 13.2 Å². The number of ether oxygens (including phenoxy) is 2. The van der Waals surface area contributed by atoms with Gasteiger partial charge in [0.1, 0.15) is 0 Å². The average molecular weight is 140 g/mol. The Morgan fingerprint density at radius 1 is 1.20 bits per heavy atom. The molecule has 1 spiro atoms. The highest BCUT2D eigenvalue weighted by Crippen LogP contribution is 2.60. The van der Waals surface area contributed by atoms with Crippen LogP contribution in [0, 0.1) is 11.8 Å². The number of rotatable bonds is 0. The summed E-state index contributed by atoms with van der Waals surface area (Å²) in [5, 5.41) is 0. The second kappa shape index (κ2) is 1.56. The van der Waals surface area contributed by atoms with Gasteiger partial charge in [0.25, 0.3) is 0 Å². The number of hydrogen-bond acceptors (Lipinski definition) is 2. The average Bonchev–Trinajstić information content (AvgIpc) is 2.49. The van der Waals surface area contributed by atoms with Gasteiger partial charge < -0.3 is 9.47 Å². The van der Waals surface area contributed by atoms with E-state index in [1.807, 2.05) is 0 Å². The van der Waals surface area contributed by atoms with Gasteiger partial charge in [0.15, 0.2) is 5.79 Å². The van der Waals surface area contributed by atoms with Crippen LogP contribution in [0.1, 0.15) is 19.3 Å². The molecule has 0 amide bonds. The first-order chi connectivity index (χ1) is 4.91. The molecular formula is C8H12O2. The molecule has 1 saturated heterocycles. The van der Waals surface area contributed by atoms with E-state index in [0.717, 1.165) is 31.5 Å². The fourth-order valence-electron chi connectivity index (χ4n) is 2.51. The fraction of sp³-hybridized carbons (Fsp3) is 1.00. The van der Waals surface area contributed by atoms with Crippen molar-refractivity contribution in [3.63, 3.8) is 0 Å². The lowest BCUT2D eigenvalue weighted by molar-refractivity contribution is -0.166. The molecular weight excluding hydrogens is 128 g/mol. The van der Waals surface area contributed by atoms with Crippen LogP contribution in [-0.4, -0.2) is 19.0 Å². The highest BCUT2D eigenvalue weighted by molar-refractivity contribution is 5.05. The van der Waals surface area contributed by atoms with Gasteiger partial charge in [0, 0.05) is 12.3 Å². The quantitative estimate of drug-likeness (QED) is 0.502. The zero-order valence-electron chi connectivity index (χ0n) is 6.01. The van der Waals surface area contributed by atoms with E-state index < -0.39 is 0 Å². The molecule has 1 aliphatic heterocycles. The first-order valence-electron chi connectivity index (χ1n) is 4.19. The molecule has 0 aromatic carbocycles. The highest BCUT2D eigenvalue weighted by Gasteiger charge is 2.61. The summed E-state index contributed by atoms with van der Waals surface area (Å²) in [5.74, 6) is 1.65. The van der Waals surface area contributed by atoms with E-state index in [2.05, 4.69) is 0 Å². The van der Waals surface area contributed by atoms with E-state index in [-0.39, 0.29) is 5.79 Å². The zero-order chi connectivity index (χ0) is 6.60. The SMILES string of the molecule is C1COC2(CCC3CC32)O1. The van der Waals surface area contributed by atoms with Crippen molar-refractivity contribution in [2.75, 3.05) is 13.2 Å². The largest absolute Gasteiger partial charge is 0.347 e. The van der Waals surface area contributed by atoms with Gasteiger partial charge in [-0.15, -0.1) is 0 Å². The minimum absolute atomic E-state index is 0.0787. The van der Waals surface area contributed by atoms with Crippen LogP contribution in [0.15, 0.2) is 0 Å². The lowest BCUT2D eigenvalue weighted by Gasteiger charge is -2.22. The smallest absolute Gasteiger partial charge is 0.171 e. The third-order valence-corrected chi connectivity index (χ3v) is 3.13. The molecule has 56 valence electrons. The van der Waals surface area contributed by atoms with Crippen LogP contribution in [0.25, 0.3) is 0 Å². The third-order valence-electron chi connectivity index (χ3n) is 3.13. The second-order valence-electron chi connectivity index (χ2n) is 3.65. The van der Waals surface area contributed by atoms with Crippen LogP contribution < -0.4 is 0 Å². The molecule has 2 atom stereocenters. The Labute approximate surface area is 60.5 Å². The summed E-state index contributed by atoms with van der Waals surface area (Å²) in [4.78, 5) is 0. The molecule has 3 aliphatic rings. The molecule has 0 aromatic heterocycles. The van der Waals surface area contributed by atoms with Gasteiger partial charge in [-0.05, 0) is 18.8 Å².